The maximum atomic E-state index is 15.0. The van der Waals surface area contributed by atoms with Crippen molar-refractivity contribution in [3.05, 3.63) is 203 Å². The van der Waals surface area contributed by atoms with E-state index >= 15 is 13.2 Å². The van der Waals surface area contributed by atoms with Crippen LogP contribution in [-0.4, -0.2) is 0 Å². The van der Waals surface area contributed by atoms with Crippen molar-refractivity contribution in [1.82, 2.24) is 0 Å². The predicted octanol–water partition coefficient (Wildman–Crippen LogP) is 21.5. The topological polar surface area (TPSA) is 0 Å². The molecule has 0 radical (unpaired) electrons. The fourth-order valence-corrected chi connectivity index (χ4v) is 12.7. The molecule has 374 valence electrons. The largest absolute Gasteiger partial charge is 0.416 e. The second-order valence-corrected chi connectivity index (χ2v) is 23.2. The van der Waals surface area contributed by atoms with E-state index < -0.39 is 23.5 Å². The summed E-state index contributed by atoms with van der Waals surface area (Å²) < 4.78 is 89.9. The van der Waals surface area contributed by atoms with Crippen LogP contribution in [-0.2, 0) is 23.2 Å². The summed E-state index contributed by atoms with van der Waals surface area (Å²) in [4.78, 5) is 0. The molecule has 76 heavy (non-hydrogen) atoms. The first kappa shape index (κ1) is 47.7. The molecule has 6 heteroatoms. The van der Waals surface area contributed by atoms with E-state index in [1.807, 2.05) is 42.5 Å². The second-order valence-electron chi connectivity index (χ2n) is 23.2. The minimum Gasteiger partial charge on any atom is -0.166 e. The summed E-state index contributed by atoms with van der Waals surface area (Å²) in [6, 6.07) is 55.2. The Kier molecular flexibility index (Phi) is 10.2. The normalized spacial score (nSPS) is 13.1. The van der Waals surface area contributed by atoms with Crippen LogP contribution in [0.2, 0.25) is 0 Å². The Hall–Kier alpha value is -7.96. The van der Waals surface area contributed by atoms with Gasteiger partial charge in [-0.15, -0.1) is 0 Å². The van der Waals surface area contributed by atoms with Crippen molar-refractivity contribution in [1.29, 1.82) is 0 Å². The molecule has 0 nitrogen and oxygen atoms in total. The fraction of sp³-hybridized carbons (Fsp3) is 0.171. The molecule has 0 heterocycles. The summed E-state index contributed by atoms with van der Waals surface area (Å²) in [5.41, 5.74) is 15.1. The van der Waals surface area contributed by atoms with Crippen molar-refractivity contribution in [3.63, 3.8) is 0 Å². The molecule has 11 aromatic rings. The van der Waals surface area contributed by atoms with Crippen LogP contribution in [0.3, 0.4) is 0 Å². The van der Waals surface area contributed by atoms with Gasteiger partial charge in [-0.3, -0.25) is 0 Å². The molecule has 0 N–H and O–H groups in total. The molecule has 13 rings (SSSR count). The molecule has 0 atom stereocenters. The zero-order chi connectivity index (χ0) is 53.1. The van der Waals surface area contributed by atoms with Crippen molar-refractivity contribution >= 4 is 43.1 Å². The van der Waals surface area contributed by atoms with E-state index in [1.165, 1.54) is 24.3 Å². The zero-order valence-electron chi connectivity index (χ0n) is 43.4. The molecule has 11 aromatic carbocycles. The Bertz CT molecular complexity index is 4340. The van der Waals surface area contributed by atoms with E-state index in [0.29, 0.717) is 22.3 Å². The molecule has 0 saturated heterocycles. The van der Waals surface area contributed by atoms with Gasteiger partial charge in [-0.1, -0.05) is 175 Å². The Balaban J connectivity index is 1.23. The molecule has 2 aliphatic carbocycles. The summed E-state index contributed by atoms with van der Waals surface area (Å²) in [5.74, 6) is 0. The summed E-state index contributed by atoms with van der Waals surface area (Å²) in [6.07, 6.45) is -9.18. The highest BCUT2D eigenvalue weighted by molar-refractivity contribution is 6.35. The molecule has 0 bridgehead atoms. The maximum Gasteiger partial charge on any atom is 0.416 e. The van der Waals surface area contributed by atoms with Crippen LogP contribution in [0.25, 0.3) is 132 Å². The van der Waals surface area contributed by atoms with Gasteiger partial charge in [0.25, 0.3) is 0 Å². The molecule has 0 unspecified atom stereocenters. The molecule has 2 aliphatic rings. The first-order chi connectivity index (χ1) is 36.0. The smallest absolute Gasteiger partial charge is 0.166 e. The van der Waals surface area contributed by atoms with Crippen molar-refractivity contribution in [2.45, 2.75) is 78.6 Å². The van der Waals surface area contributed by atoms with Crippen molar-refractivity contribution < 1.29 is 26.3 Å². The third-order valence-corrected chi connectivity index (χ3v) is 16.0. The summed E-state index contributed by atoms with van der Waals surface area (Å²) in [5, 5.41) is 7.41. The van der Waals surface area contributed by atoms with E-state index in [1.54, 1.807) is 13.8 Å². The Morgan fingerprint density at radius 3 is 0.974 bits per heavy atom. The van der Waals surface area contributed by atoms with Crippen molar-refractivity contribution in [2.24, 2.45) is 0 Å². The zero-order valence-corrected chi connectivity index (χ0v) is 43.4. The Morgan fingerprint density at radius 1 is 0.276 bits per heavy atom. The van der Waals surface area contributed by atoms with E-state index in [-0.39, 0.29) is 10.8 Å². The molecule has 0 spiro atoms. The van der Waals surface area contributed by atoms with Gasteiger partial charge < -0.3 is 0 Å². The lowest BCUT2D eigenvalue weighted by molar-refractivity contribution is -0.138. The maximum absolute atomic E-state index is 15.0. The van der Waals surface area contributed by atoms with Crippen LogP contribution in [0.5, 0.6) is 0 Å². The van der Waals surface area contributed by atoms with Gasteiger partial charge >= 0.3 is 12.4 Å². The van der Waals surface area contributed by atoms with Gasteiger partial charge in [-0.05, 0) is 215 Å². The molecule has 0 aliphatic heterocycles. The van der Waals surface area contributed by atoms with Crippen LogP contribution in [0, 0.1) is 13.8 Å². The van der Waals surface area contributed by atoms with Gasteiger partial charge in [0.15, 0.2) is 0 Å². The highest BCUT2D eigenvalue weighted by atomic mass is 19.4. The number of fused-ring (bicyclic) bond motifs is 9. The molecular formula is C70H52F6. The summed E-state index contributed by atoms with van der Waals surface area (Å²) >= 11 is 0. The van der Waals surface area contributed by atoms with Crippen LogP contribution < -0.4 is 0 Å². The van der Waals surface area contributed by atoms with Crippen molar-refractivity contribution in [2.75, 3.05) is 0 Å². The number of benzene rings is 11. The average Bonchev–Trinajstić information content (AvgIpc) is 4.06. The van der Waals surface area contributed by atoms with Gasteiger partial charge in [0.2, 0.25) is 0 Å². The molecule has 0 fully saturated rings. The van der Waals surface area contributed by atoms with Crippen LogP contribution in [0.15, 0.2) is 170 Å². The number of aryl methyl sites for hydroxylation is 2. The lowest BCUT2D eigenvalue weighted by Gasteiger charge is -2.24. The first-order valence-corrected chi connectivity index (χ1v) is 25.9. The molecule has 0 saturated carbocycles. The minimum absolute atomic E-state index is 0.183. The quantitative estimate of drug-likeness (QED) is 0.122. The van der Waals surface area contributed by atoms with Gasteiger partial charge in [-0.2, -0.15) is 26.3 Å². The van der Waals surface area contributed by atoms with Crippen LogP contribution >= 0.6 is 0 Å². The van der Waals surface area contributed by atoms with E-state index in [2.05, 4.69) is 145 Å². The Labute approximate surface area is 438 Å². The van der Waals surface area contributed by atoms with Gasteiger partial charge in [-0.25, -0.2) is 0 Å². The first-order valence-electron chi connectivity index (χ1n) is 25.9. The monoisotopic (exact) mass is 1010 g/mol. The van der Waals surface area contributed by atoms with Gasteiger partial charge in [0.1, 0.15) is 0 Å². The van der Waals surface area contributed by atoms with Crippen molar-refractivity contribution in [3.8, 4) is 89.0 Å². The molecular weight excluding hydrogens is 955 g/mol. The standard InChI is InChI=1S/C70H52F6/c1-37-27-43(33-47(29-37)69(71,72)73)59-50-22-12-11-21-49(50)57(41-17-13-19-45(31-41)67(3,4)5)63-51-23-26-54-62-52(24-25-53(61(51)62)65(59)63)64-58(42-18-14-20-46(32-42)68(6,7)8)55-35-39-15-9-10-16-40(39)36-56(55)60(66(54)64)44-28-38(2)30-48(34-44)70(74,75)76/h9-36H,1-8H3. The summed E-state index contributed by atoms with van der Waals surface area (Å²) in [6.45, 7) is 16.6. The summed E-state index contributed by atoms with van der Waals surface area (Å²) in [7, 11) is 0. The highest BCUT2D eigenvalue weighted by Gasteiger charge is 2.39. The average molecular weight is 1010 g/mol. The predicted molar refractivity (Wildman–Crippen MR) is 304 cm³/mol. The third-order valence-electron chi connectivity index (χ3n) is 16.0. The minimum atomic E-state index is -4.60. The highest BCUT2D eigenvalue weighted by Crippen LogP contribution is 2.65. The van der Waals surface area contributed by atoms with E-state index in [0.717, 1.165) is 132 Å². The lowest BCUT2D eigenvalue weighted by atomic mass is 9.79. The van der Waals surface area contributed by atoms with E-state index in [9.17, 15) is 13.2 Å². The Morgan fingerprint density at radius 2 is 0.605 bits per heavy atom. The van der Waals surface area contributed by atoms with Gasteiger partial charge in [0, 0.05) is 0 Å². The van der Waals surface area contributed by atoms with E-state index in [4.69, 9.17) is 0 Å². The number of alkyl halides is 6. The number of rotatable bonds is 4. The van der Waals surface area contributed by atoms with Gasteiger partial charge in [0.05, 0.1) is 11.1 Å². The SMILES string of the molecule is Cc1cc(-c2c3c(c(-c4cccc(C(C)(C)C)c4)c4ccccc24)-c2ccc4c5c(ccc-3c25)-c2c-4c(-c3cc(C)cc(C(F)(F)F)c3)c3cc4ccccc4cc3c2-c2cccc(C(C)(C)C)c2)cc(C(F)(F)F)c1. The third kappa shape index (κ3) is 7.27. The molecule has 0 amide bonds. The fourth-order valence-electron chi connectivity index (χ4n) is 12.7. The number of hydrogen-bond acceptors (Lipinski definition) is 0. The number of hydrogen-bond donors (Lipinski definition) is 0. The van der Waals surface area contributed by atoms with Crippen LogP contribution in [0.1, 0.15) is 74.9 Å². The lowest BCUT2D eigenvalue weighted by Crippen LogP contribution is -2.10. The molecule has 0 aromatic heterocycles. The van der Waals surface area contributed by atoms with Crippen LogP contribution in [0.4, 0.5) is 26.3 Å². The number of halogens is 6. The second kappa shape index (κ2) is 16.3.